The molecule has 3 aromatic rings. The Bertz CT molecular complexity index is 1210. The monoisotopic (exact) mass is 529 g/mol. The van der Waals surface area contributed by atoms with Gasteiger partial charge in [0.25, 0.3) is 5.56 Å². The molecule has 38 heavy (non-hydrogen) atoms. The molecule has 0 bridgehead atoms. The maximum atomic E-state index is 12.4. The summed E-state index contributed by atoms with van der Waals surface area (Å²) in [6.45, 7) is 0.217. The largest absolute Gasteiger partial charge is 0.497 e. The smallest absolute Gasteiger partial charge is 0.387 e. The van der Waals surface area contributed by atoms with Crippen LogP contribution in [0.3, 0.4) is 0 Å². The Hall–Kier alpha value is -4.05. The molecule has 1 fully saturated rings. The van der Waals surface area contributed by atoms with Gasteiger partial charge < -0.3 is 24.3 Å². The third-order valence-electron chi connectivity index (χ3n) is 5.59. The van der Waals surface area contributed by atoms with Crippen LogP contribution in [0.25, 0.3) is 0 Å². The second kappa shape index (κ2) is 15.3. The highest BCUT2D eigenvalue weighted by Gasteiger charge is 2.33. The Morgan fingerprint density at radius 1 is 1.03 bits per heavy atom. The van der Waals surface area contributed by atoms with Gasteiger partial charge in [-0.05, 0) is 75.1 Å². The first-order valence-corrected chi connectivity index (χ1v) is 12.0. The van der Waals surface area contributed by atoms with Gasteiger partial charge in [0.1, 0.15) is 23.5 Å². The Balaban J connectivity index is 0.000000284. The molecular formula is C28H33F2N3O5. The number of methoxy groups -OCH3 is 1. The summed E-state index contributed by atoms with van der Waals surface area (Å²) in [4.78, 5) is 36.6. The minimum atomic E-state index is -2.83. The van der Waals surface area contributed by atoms with Gasteiger partial charge in [0.05, 0.1) is 7.11 Å². The number of ether oxygens (including phenoxy) is 2. The van der Waals surface area contributed by atoms with Crippen molar-refractivity contribution in [3.8, 4) is 11.5 Å². The molecule has 1 aromatic heterocycles. The highest BCUT2D eigenvalue weighted by atomic mass is 19.3. The van der Waals surface area contributed by atoms with Crippen LogP contribution in [-0.4, -0.2) is 51.1 Å². The molecule has 204 valence electrons. The predicted octanol–water partition coefficient (Wildman–Crippen LogP) is 4.33. The number of halogens is 2. The second-order valence-electron chi connectivity index (χ2n) is 8.23. The standard InChI is InChI=1S/C18H20N2O3.C8H6F2O2.C2H7N/c1-3-19-10-4-5-16(18(19)22)20-12-14(11-17(20)21)13-6-8-15(23-2)9-7-13;9-8(10)12-7-3-1-6(5-11)2-4-7;1-3-2/h4-10,14H,3,11-12H2,1-2H3;1-5,8H;3H,1-2H3. The van der Waals surface area contributed by atoms with Gasteiger partial charge in [0, 0.05) is 37.2 Å². The minimum absolute atomic E-state index is 0.00299. The topological polar surface area (TPSA) is 89.9 Å². The summed E-state index contributed by atoms with van der Waals surface area (Å²) < 4.78 is 34.1. The number of amides is 1. The SMILES string of the molecule is CCn1cccc(N2CC(c3ccc(OC)cc3)CC2=O)c1=O.CNC.O=Cc1ccc(OC(F)F)cc1. The lowest BCUT2D eigenvalue weighted by molar-refractivity contribution is -0.117. The number of pyridine rings is 1. The van der Waals surface area contributed by atoms with E-state index in [1.54, 1.807) is 28.8 Å². The van der Waals surface area contributed by atoms with Crippen LogP contribution in [0, 0.1) is 0 Å². The van der Waals surface area contributed by atoms with Crippen molar-refractivity contribution in [1.82, 2.24) is 9.88 Å². The van der Waals surface area contributed by atoms with Crippen molar-refractivity contribution in [1.29, 1.82) is 0 Å². The average Bonchev–Trinajstić information content (AvgIpc) is 3.31. The van der Waals surface area contributed by atoms with E-state index in [-0.39, 0.29) is 23.1 Å². The fourth-order valence-electron chi connectivity index (χ4n) is 3.75. The third kappa shape index (κ3) is 8.52. The highest BCUT2D eigenvalue weighted by Crippen LogP contribution is 2.31. The maximum absolute atomic E-state index is 12.4. The van der Waals surface area contributed by atoms with Crippen LogP contribution >= 0.6 is 0 Å². The molecule has 1 amide bonds. The molecule has 1 unspecified atom stereocenters. The zero-order valence-corrected chi connectivity index (χ0v) is 21.9. The van der Waals surface area contributed by atoms with E-state index in [1.165, 1.54) is 24.3 Å². The summed E-state index contributed by atoms with van der Waals surface area (Å²) in [7, 11) is 5.38. The van der Waals surface area contributed by atoms with Crippen LogP contribution in [-0.2, 0) is 11.3 Å². The lowest BCUT2D eigenvalue weighted by atomic mass is 9.98. The molecule has 2 heterocycles. The van der Waals surface area contributed by atoms with Crippen molar-refractivity contribution in [3.63, 3.8) is 0 Å². The zero-order valence-electron chi connectivity index (χ0n) is 21.9. The van der Waals surface area contributed by atoms with Gasteiger partial charge in [0.2, 0.25) is 5.91 Å². The van der Waals surface area contributed by atoms with Crippen LogP contribution in [0.4, 0.5) is 14.5 Å². The number of carbonyl (C=O) groups excluding carboxylic acids is 2. The molecule has 0 radical (unpaired) electrons. The number of benzene rings is 2. The van der Waals surface area contributed by atoms with Crippen LogP contribution < -0.4 is 25.2 Å². The summed E-state index contributed by atoms with van der Waals surface area (Å²) in [5.41, 5.74) is 1.87. The number of anilines is 1. The van der Waals surface area contributed by atoms with Crippen LogP contribution in [0.5, 0.6) is 11.5 Å². The number of nitrogens with zero attached hydrogens (tertiary/aromatic N) is 2. The van der Waals surface area contributed by atoms with Gasteiger partial charge in [-0.1, -0.05) is 12.1 Å². The van der Waals surface area contributed by atoms with Crippen molar-refractivity contribution >= 4 is 17.9 Å². The minimum Gasteiger partial charge on any atom is -0.497 e. The molecule has 1 saturated heterocycles. The number of aryl methyl sites for hydroxylation is 1. The Morgan fingerprint density at radius 2 is 1.63 bits per heavy atom. The van der Waals surface area contributed by atoms with E-state index >= 15 is 0 Å². The summed E-state index contributed by atoms with van der Waals surface area (Å²) in [6.07, 6.45) is 2.80. The van der Waals surface area contributed by atoms with Crippen molar-refractivity contribution in [3.05, 3.63) is 88.3 Å². The predicted molar refractivity (Wildman–Crippen MR) is 143 cm³/mol. The molecule has 8 nitrogen and oxygen atoms in total. The van der Waals surface area contributed by atoms with Crippen molar-refractivity contribution in [2.24, 2.45) is 0 Å². The Labute approximate surface area is 220 Å². The molecule has 1 N–H and O–H groups in total. The van der Waals surface area contributed by atoms with Crippen molar-refractivity contribution in [2.75, 3.05) is 32.6 Å². The molecule has 0 spiro atoms. The van der Waals surface area contributed by atoms with E-state index < -0.39 is 6.61 Å². The van der Waals surface area contributed by atoms with E-state index in [2.05, 4.69) is 10.1 Å². The van der Waals surface area contributed by atoms with Crippen molar-refractivity contribution in [2.45, 2.75) is 32.4 Å². The van der Waals surface area contributed by atoms with E-state index in [0.717, 1.165) is 11.3 Å². The van der Waals surface area contributed by atoms with Gasteiger partial charge in [-0.15, -0.1) is 0 Å². The molecule has 1 aliphatic rings. The first-order valence-electron chi connectivity index (χ1n) is 12.0. The first-order chi connectivity index (χ1) is 18.3. The van der Waals surface area contributed by atoms with Gasteiger partial charge in [-0.3, -0.25) is 14.4 Å². The fourth-order valence-corrected chi connectivity index (χ4v) is 3.75. The normalized spacial score (nSPS) is 14.2. The Morgan fingerprint density at radius 3 is 2.16 bits per heavy atom. The van der Waals surface area contributed by atoms with Gasteiger partial charge in [-0.2, -0.15) is 8.78 Å². The molecule has 0 saturated carbocycles. The number of carbonyl (C=O) groups is 2. The number of aldehydes is 1. The summed E-state index contributed by atoms with van der Waals surface area (Å²) in [5, 5.41) is 2.75. The molecular weight excluding hydrogens is 496 g/mol. The van der Waals surface area contributed by atoms with Crippen LogP contribution in [0.1, 0.15) is 35.2 Å². The van der Waals surface area contributed by atoms with Crippen LogP contribution in [0.2, 0.25) is 0 Å². The highest BCUT2D eigenvalue weighted by molar-refractivity contribution is 5.96. The number of alkyl halides is 2. The number of aromatic nitrogens is 1. The van der Waals surface area contributed by atoms with Gasteiger partial charge in [-0.25, -0.2) is 0 Å². The van der Waals surface area contributed by atoms with Gasteiger partial charge in [0.15, 0.2) is 0 Å². The summed E-state index contributed by atoms with van der Waals surface area (Å²) in [6, 6.07) is 16.7. The van der Waals surface area contributed by atoms with Crippen LogP contribution in [0.15, 0.2) is 71.7 Å². The molecule has 2 aromatic carbocycles. The zero-order chi connectivity index (χ0) is 28.1. The third-order valence-corrected chi connectivity index (χ3v) is 5.59. The maximum Gasteiger partial charge on any atom is 0.387 e. The number of rotatable bonds is 7. The fraction of sp³-hybridized carbons (Fsp3) is 0.321. The molecule has 10 heteroatoms. The number of hydrogen-bond donors (Lipinski definition) is 1. The molecule has 0 aliphatic carbocycles. The molecule has 4 rings (SSSR count). The van der Waals surface area contributed by atoms with Crippen molar-refractivity contribution < 1.29 is 27.8 Å². The average molecular weight is 530 g/mol. The van der Waals surface area contributed by atoms with Gasteiger partial charge >= 0.3 is 6.61 Å². The summed E-state index contributed by atoms with van der Waals surface area (Å²) in [5.74, 6) is 0.944. The summed E-state index contributed by atoms with van der Waals surface area (Å²) >= 11 is 0. The second-order valence-corrected chi connectivity index (χ2v) is 8.23. The van der Waals surface area contributed by atoms with E-state index in [1.807, 2.05) is 51.4 Å². The Kier molecular flexibility index (Phi) is 12.1. The lowest BCUT2D eigenvalue weighted by Crippen LogP contribution is -2.32. The number of nitrogens with one attached hydrogen (secondary N) is 1. The molecule has 1 aliphatic heterocycles. The first kappa shape index (κ1) is 30.2. The van der Waals surface area contributed by atoms with E-state index in [9.17, 15) is 23.2 Å². The van der Waals surface area contributed by atoms with E-state index in [4.69, 9.17) is 4.74 Å². The molecule has 1 atom stereocenters. The lowest BCUT2D eigenvalue weighted by Gasteiger charge is -2.17. The van der Waals surface area contributed by atoms with E-state index in [0.29, 0.717) is 37.0 Å². The quantitative estimate of drug-likeness (QED) is 0.458. The number of hydrogen-bond acceptors (Lipinski definition) is 6.